The van der Waals surface area contributed by atoms with Gasteiger partial charge >= 0.3 is 5.97 Å². The third kappa shape index (κ3) is 3.87. The van der Waals surface area contributed by atoms with Crippen LogP contribution >= 0.6 is 0 Å². The molecule has 110 valence electrons. The summed E-state index contributed by atoms with van der Waals surface area (Å²) in [5.74, 6) is -0.324. The highest BCUT2D eigenvalue weighted by Crippen LogP contribution is 2.21. The molecule has 1 aliphatic heterocycles. The molecule has 0 radical (unpaired) electrons. The zero-order chi connectivity index (χ0) is 14.4. The molecule has 1 aliphatic rings. The van der Waals surface area contributed by atoms with Crippen LogP contribution in [0.4, 0.5) is 11.4 Å². The largest absolute Gasteiger partial charge is 0.462 e. The first kappa shape index (κ1) is 14.7. The third-order valence-electron chi connectivity index (χ3n) is 3.37. The van der Waals surface area contributed by atoms with Gasteiger partial charge in [-0.25, -0.2) is 4.79 Å². The maximum atomic E-state index is 11.7. The number of rotatable bonds is 6. The summed E-state index contributed by atoms with van der Waals surface area (Å²) in [5, 5.41) is 3.26. The first-order chi connectivity index (χ1) is 9.70. The van der Waals surface area contributed by atoms with Crippen molar-refractivity contribution in [1.82, 2.24) is 0 Å². The predicted molar refractivity (Wildman–Crippen MR) is 78.9 cm³/mol. The van der Waals surface area contributed by atoms with Gasteiger partial charge in [0.2, 0.25) is 0 Å². The molecule has 0 aromatic heterocycles. The molecule has 5 heteroatoms. The maximum Gasteiger partial charge on any atom is 0.338 e. The van der Waals surface area contributed by atoms with Crippen molar-refractivity contribution in [2.45, 2.75) is 32.3 Å². The van der Waals surface area contributed by atoms with Gasteiger partial charge in [0.15, 0.2) is 0 Å². The van der Waals surface area contributed by atoms with E-state index in [2.05, 4.69) is 5.32 Å². The monoisotopic (exact) mass is 278 g/mol. The van der Waals surface area contributed by atoms with Crippen molar-refractivity contribution < 1.29 is 14.3 Å². The van der Waals surface area contributed by atoms with Crippen LogP contribution in [0.2, 0.25) is 0 Å². The van der Waals surface area contributed by atoms with Crippen LogP contribution in [-0.2, 0) is 9.47 Å². The van der Waals surface area contributed by atoms with E-state index >= 15 is 0 Å². The number of hydrogen-bond donors (Lipinski definition) is 2. The number of carbonyl (C=O) groups is 1. The average Bonchev–Trinajstić information content (AvgIpc) is 2.94. The van der Waals surface area contributed by atoms with Crippen LogP contribution < -0.4 is 11.1 Å². The minimum atomic E-state index is -0.324. The van der Waals surface area contributed by atoms with Gasteiger partial charge in [-0.05, 0) is 44.4 Å². The fourth-order valence-corrected chi connectivity index (χ4v) is 2.29. The lowest BCUT2D eigenvalue weighted by Gasteiger charge is -2.13. The summed E-state index contributed by atoms with van der Waals surface area (Å²) in [7, 11) is 0. The second kappa shape index (κ2) is 7.14. The van der Waals surface area contributed by atoms with E-state index in [0.717, 1.165) is 38.1 Å². The molecular formula is C15H22N2O3. The van der Waals surface area contributed by atoms with Gasteiger partial charge in [-0.1, -0.05) is 0 Å². The highest BCUT2D eigenvalue weighted by atomic mass is 16.5. The predicted octanol–water partition coefficient (Wildman–Crippen LogP) is 2.43. The molecule has 0 saturated carbocycles. The van der Waals surface area contributed by atoms with Crippen LogP contribution in [0.1, 0.15) is 36.5 Å². The Hall–Kier alpha value is -1.75. The number of carbonyl (C=O) groups excluding carboxylic acids is 1. The average molecular weight is 278 g/mol. The number of benzene rings is 1. The number of nitrogen functional groups attached to an aromatic ring is 1. The molecule has 0 bridgehead atoms. The summed E-state index contributed by atoms with van der Waals surface area (Å²) in [6.07, 6.45) is 3.56. The number of nitrogens with two attached hydrogens (primary N) is 1. The molecule has 1 aromatic carbocycles. The molecule has 5 nitrogen and oxygen atoms in total. The van der Waals surface area contributed by atoms with Gasteiger partial charge in [-0.15, -0.1) is 0 Å². The summed E-state index contributed by atoms with van der Waals surface area (Å²) in [6, 6.07) is 5.14. The number of nitrogens with one attached hydrogen (secondary N) is 1. The van der Waals surface area contributed by atoms with Crippen molar-refractivity contribution in [1.29, 1.82) is 0 Å². The second-order valence-electron chi connectivity index (χ2n) is 4.87. The Morgan fingerprint density at radius 3 is 3.10 bits per heavy atom. The Labute approximate surface area is 119 Å². The minimum absolute atomic E-state index is 0.324. The molecule has 2 rings (SSSR count). The maximum absolute atomic E-state index is 11.7. The van der Waals surface area contributed by atoms with E-state index in [1.165, 1.54) is 0 Å². The lowest BCUT2D eigenvalue weighted by atomic mass is 10.1. The third-order valence-corrected chi connectivity index (χ3v) is 3.37. The van der Waals surface area contributed by atoms with Crippen LogP contribution in [0.3, 0.4) is 0 Å². The molecule has 1 atom stereocenters. The molecule has 1 fully saturated rings. The van der Waals surface area contributed by atoms with Gasteiger partial charge in [0, 0.05) is 13.2 Å². The molecule has 1 unspecified atom stereocenters. The first-order valence-electron chi connectivity index (χ1n) is 7.13. The van der Waals surface area contributed by atoms with Gasteiger partial charge in [0.1, 0.15) is 0 Å². The molecule has 1 saturated heterocycles. The standard InChI is InChI=1S/C15H22N2O3/c1-2-19-15(18)11-5-6-13(16)14(10-11)17-8-7-12-4-3-9-20-12/h5-6,10,12,17H,2-4,7-9,16H2,1H3. The fourth-order valence-electron chi connectivity index (χ4n) is 2.29. The summed E-state index contributed by atoms with van der Waals surface area (Å²) in [6.45, 7) is 3.80. The SMILES string of the molecule is CCOC(=O)c1ccc(N)c(NCCC2CCCO2)c1. The van der Waals surface area contributed by atoms with Crippen molar-refractivity contribution in [3.05, 3.63) is 23.8 Å². The van der Waals surface area contributed by atoms with E-state index < -0.39 is 0 Å². The quantitative estimate of drug-likeness (QED) is 0.617. The first-order valence-corrected chi connectivity index (χ1v) is 7.13. The van der Waals surface area contributed by atoms with Crippen LogP contribution in [0.5, 0.6) is 0 Å². The molecule has 0 amide bonds. The van der Waals surface area contributed by atoms with Crippen LogP contribution in [-0.4, -0.2) is 31.8 Å². The molecule has 20 heavy (non-hydrogen) atoms. The topological polar surface area (TPSA) is 73.6 Å². The van der Waals surface area contributed by atoms with Gasteiger partial charge < -0.3 is 20.5 Å². The van der Waals surface area contributed by atoms with Crippen molar-refractivity contribution in [2.75, 3.05) is 30.8 Å². The summed E-state index contributed by atoms with van der Waals surface area (Å²) < 4.78 is 10.6. The van der Waals surface area contributed by atoms with Gasteiger partial charge in [0.05, 0.1) is 29.6 Å². The fraction of sp³-hybridized carbons (Fsp3) is 0.533. The van der Waals surface area contributed by atoms with Crippen LogP contribution in [0.15, 0.2) is 18.2 Å². The van der Waals surface area contributed by atoms with Gasteiger partial charge in [-0.3, -0.25) is 0 Å². The van der Waals surface area contributed by atoms with Crippen molar-refractivity contribution in [2.24, 2.45) is 0 Å². The number of anilines is 2. The van der Waals surface area contributed by atoms with Crippen molar-refractivity contribution in [3.63, 3.8) is 0 Å². The van der Waals surface area contributed by atoms with Crippen LogP contribution in [0.25, 0.3) is 0 Å². The Bertz CT molecular complexity index is 456. The van der Waals surface area contributed by atoms with E-state index in [1.54, 1.807) is 25.1 Å². The molecule has 0 aliphatic carbocycles. The number of ether oxygens (including phenoxy) is 2. The second-order valence-corrected chi connectivity index (χ2v) is 4.87. The number of esters is 1. The Morgan fingerprint density at radius 1 is 1.55 bits per heavy atom. The van der Waals surface area contributed by atoms with Gasteiger partial charge in [-0.2, -0.15) is 0 Å². The summed E-state index contributed by atoms with van der Waals surface area (Å²) >= 11 is 0. The van der Waals surface area contributed by atoms with E-state index in [9.17, 15) is 4.79 Å². The minimum Gasteiger partial charge on any atom is -0.462 e. The van der Waals surface area contributed by atoms with E-state index in [4.69, 9.17) is 15.2 Å². The summed E-state index contributed by atoms with van der Waals surface area (Å²) in [5.41, 5.74) is 7.83. The lowest BCUT2D eigenvalue weighted by Crippen LogP contribution is -2.14. The van der Waals surface area contributed by atoms with Crippen molar-refractivity contribution >= 4 is 17.3 Å². The lowest BCUT2D eigenvalue weighted by molar-refractivity contribution is 0.0526. The van der Waals surface area contributed by atoms with Gasteiger partial charge in [0.25, 0.3) is 0 Å². The smallest absolute Gasteiger partial charge is 0.338 e. The highest BCUT2D eigenvalue weighted by Gasteiger charge is 2.15. The molecule has 1 heterocycles. The Morgan fingerprint density at radius 2 is 2.40 bits per heavy atom. The molecule has 1 aromatic rings. The van der Waals surface area contributed by atoms with Crippen molar-refractivity contribution in [3.8, 4) is 0 Å². The summed E-state index contributed by atoms with van der Waals surface area (Å²) in [4.78, 5) is 11.7. The molecular weight excluding hydrogens is 256 g/mol. The normalized spacial score (nSPS) is 17.9. The molecule has 3 N–H and O–H groups in total. The highest BCUT2D eigenvalue weighted by molar-refractivity contribution is 5.92. The van der Waals surface area contributed by atoms with E-state index in [-0.39, 0.29) is 5.97 Å². The molecule has 0 spiro atoms. The number of hydrogen-bond acceptors (Lipinski definition) is 5. The zero-order valence-electron chi connectivity index (χ0n) is 11.9. The Kier molecular flexibility index (Phi) is 5.24. The van der Waals surface area contributed by atoms with E-state index in [0.29, 0.717) is 24.0 Å². The Balaban J connectivity index is 1.92. The van der Waals surface area contributed by atoms with E-state index in [1.807, 2.05) is 0 Å². The van der Waals surface area contributed by atoms with Crippen LogP contribution in [0, 0.1) is 0 Å². The zero-order valence-corrected chi connectivity index (χ0v) is 11.9.